The molecule has 1 heterocycles. The lowest BCUT2D eigenvalue weighted by atomic mass is 9.90. The number of nitrogens with one attached hydrogen (secondary N) is 1. The van der Waals surface area contributed by atoms with E-state index in [2.05, 4.69) is 26.1 Å². The summed E-state index contributed by atoms with van der Waals surface area (Å²) in [6.07, 6.45) is 3.35. The molecule has 1 aliphatic heterocycles. The Morgan fingerprint density at radius 2 is 2.17 bits per heavy atom. The first-order valence-corrected chi connectivity index (χ1v) is 7.13. The van der Waals surface area contributed by atoms with E-state index in [0.717, 1.165) is 19.6 Å². The monoisotopic (exact) mass is 256 g/mol. The van der Waals surface area contributed by atoms with Crippen LogP contribution in [-0.4, -0.2) is 43.8 Å². The third-order valence-electron chi connectivity index (χ3n) is 3.48. The lowest BCUT2D eigenvalue weighted by molar-refractivity contribution is 0.0885. The Morgan fingerprint density at radius 1 is 1.44 bits per heavy atom. The van der Waals surface area contributed by atoms with Gasteiger partial charge in [0.1, 0.15) is 0 Å². The van der Waals surface area contributed by atoms with E-state index in [4.69, 9.17) is 4.74 Å². The fourth-order valence-corrected chi connectivity index (χ4v) is 2.65. The maximum Gasteiger partial charge on any atom is 0.409 e. The van der Waals surface area contributed by atoms with E-state index in [1.54, 1.807) is 0 Å². The lowest BCUT2D eigenvalue weighted by Crippen LogP contribution is -2.51. The van der Waals surface area contributed by atoms with Gasteiger partial charge in [-0.05, 0) is 31.2 Å². The fourth-order valence-electron chi connectivity index (χ4n) is 2.65. The van der Waals surface area contributed by atoms with Crippen molar-refractivity contribution in [3.05, 3.63) is 0 Å². The Morgan fingerprint density at radius 3 is 2.72 bits per heavy atom. The zero-order valence-corrected chi connectivity index (χ0v) is 12.2. The first-order valence-electron chi connectivity index (χ1n) is 7.13. The van der Waals surface area contributed by atoms with Crippen LogP contribution in [-0.2, 0) is 4.74 Å². The second-order valence-electron chi connectivity index (χ2n) is 5.76. The first kappa shape index (κ1) is 15.3. The summed E-state index contributed by atoms with van der Waals surface area (Å²) in [4.78, 5) is 13.5. The SMILES string of the molecule is CCCC1CC(NCC(C)C)CN(C(=O)OC)C1. The summed E-state index contributed by atoms with van der Waals surface area (Å²) in [6, 6.07) is 0.414. The van der Waals surface area contributed by atoms with Crippen molar-refractivity contribution in [2.45, 2.75) is 46.1 Å². The molecule has 0 aromatic carbocycles. The molecule has 0 spiro atoms. The molecule has 1 amide bonds. The molecule has 1 fully saturated rings. The van der Waals surface area contributed by atoms with Crippen LogP contribution in [0.3, 0.4) is 0 Å². The lowest BCUT2D eigenvalue weighted by Gasteiger charge is -2.37. The Labute approximate surface area is 111 Å². The number of carbonyl (C=O) groups excluding carboxylic acids is 1. The highest BCUT2D eigenvalue weighted by molar-refractivity contribution is 5.67. The predicted octanol–water partition coefficient (Wildman–Crippen LogP) is 2.49. The largest absolute Gasteiger partial charge is 0.453 e. The van der Waals surface area contributed by atoms with Gasteiger partial charge >= 0.3 is 6.09 Å². The standard InChI is InChI=1S/C14H28N2O2/c1-5-6-12-7-13(15-8-11(2)3)10-16(9-12)14(17)18-4/h11-13,15H,5-10H2,1-4H3. The van der Waals surface area contributed by atoms with Crippen molar-refractivity contribution in [1.82, 2.24) is 10.2 Å². The second kappa shape index (κ2) is 7.62. The quantitative estimate of drug-likeness (QED) is 0.821. The summed E-state index contributed by atoms with van der Waals surface area (Å²) in [7, 11) is 1.46. The highest BCUT2D eigenvalue weighted by Crippen LogP contribution is 2.22. The zero-order valence-electron chi connectivity index (χ0n) is 12.2. The third kappa shape index (κ3) is 4.84. The molecule has 2 unspecified atom stereocenters. The summed E-state index contributed by atoms with van der Waals surface area (Å²) in [5.41, 5.74) is 0. The van der Waals surface area contributed by atoms with E-state index >= 15 is 0 Å². The van der Waals surface area contributed by atoms with Gasteiger partial charge < -0.3 is 15.0 Å². The summed E-state index contributed by atoms with van der Waals surface area (Å²) >= 11 is 0. The van der Waals surface area contributed by atoms with Gasteiger partial charge in [-0.1, -0.05) is 27.2 Å². The number of rotatable bonds is 5. The van der Waals surface area contributed by atoms with Crippen molar-refractivity contribution < 1.29 is 9.53 Å². The minimum Gasteiger partial charge on any atom is -0.453 e. The Bertz CT molecular complexity index is 256. The van der Waals surface area contributed by atoms with Gasteiger partial charge in [-0.3, -0.25) is 0 Å². The summed E-state index contributed by atoms with van der Waals surface area (Å²) in [5.74, 6) is 1.25. The van der Waals surface area contributed by atoms with Gasteiger partial charge in [0.2, 0.25) is 0 Å². The molecule has 106 valence electrons. The Balaban J connectivity index is 2.53. The molecule has 1 rings (SSSR count). The van der Waals surface area contributed by atoms with Crippen LogP contribution in [0.15, 0.2) is 0 Å². The smallest absolute Gasteiger partial charge is 0.409 e. The molecule has 2 atom stereocenters. The Hall–Kier alpha value is -0.770. The van der Waals surface area contributed by atoms with Gasteiger partial charge in [0, 0.05) is 19.1 Å². The summed E-state index contributed by atoms with van der Waals surface area (Å²) < 4.78 is 4.85. The minimum absolute atomic E-state index is 0.188. The number of methoxy groups -OCH3 is 1. The van der Waals surface area contributed by atoms with Crippen molar-refractivity contribution >= 4 is 6.09 Å². The molecule has 0 aromatic rings. The highest BCUT2D eigenvalue weighted by atomic mass is 16.5. The molecule has 4 nitrogen and oxygen atoms in total. The molecular weight excluding hydrogens is 228 g/mol. The van der Waals surface area contributed by atoms with Gasteiger partial charge in [-0.2, -0.15) is 0 Å². The van der Waals surface area contributed by atoms with Crippen LogP contribution in [0.5, 0.6) is 0 Å². The maximum atomic E-state index is 11.7. The van der Waals surface area contributed by atoms with Crippen LogP contribution in [0.25, 0.3) is 0 Å². The fraction of sp³-hybridized carbons (Fsp3) is 0.929. The van der Waals surface area contributed by atoms with E-state index in [1.165, 1.54) is 26.4 Å². The average Bonchev–Trinajstić information content (AvgIpc) is 2.35. The first-order chi connectivity index (χ1) is 8.56. The van der Waals surface area contributed by atoms with Crippen molar-refractivity contribution in [3.8, 4) is 0 Å². The van der Waals surface area contributed by atoms with Crippen LogP contribution in [0.4, 0.5) is 4.79 Å². The molecule has 4 heteroatoms. The molecule has 1 N–H and O–H groups in total. The van der Waals surface area contributed by atoms with Crippen molar-refractivity contribution in [1.29, 1.82) is 0 Å². The molecule has 18 heavy (non-hydrogen) atoms. The van der Waals surface area contributed by atoms with Crippen LogP contribution in [0.1, 0.15) is 40.0 Å². The summed E-state index contributed by atoms with van der Waals surface area (Å²) in [5, 5.41) is 3.57. The van der Waals surface area contributed by atoms with Crippen LogP contribution in [0.2, 0.25) is 0 Å². The predicted molar refractivity (Wildman–Crippen MR) is 73.6 cm³/mol. The molecule has 0 bridgehead atoms. The van der Waals surface area contributed by atoms with Crippen molar-refractivity contribution in [2.75, 3.05) is 26.7 Å². The number of hydrogen-bond donors (Lipinski definition) is 1. The van der Waals surface area contributed by atoms with Gasteiger partial charge in [-0.25, -0.2) is 4.79 Å². The Kier molecular flexibility index (Phi) is 6.47. The normalized spacial score (nSPS) is 24.4. The van der Waals surface area contributed by atoms with Crippen LogP contribution < -0.4 is 5.32 Å². The molecular formula is C14H28N2O2. The molecule has 1 saturated heterocycles. The highest BCUT2D eigenvalue weighted by Gasteiger charge is 2.29. The third-order valence-corrected chi connectivity index (χ3v) is 3.48. The molecule has 0 saturated carbocycles. The number of carbonyl (C=O) groups is 1. The molecule has 0 radical (unpaired) electrons. The molecule has 1 aliphatic rings. The number of piperidine rings is 1. The van der Waals surface area contributed by atoms with E-state index in [1.807, 2.05) is 4.90 Å². The molecule has 0 aliphatic carbocycles. The van der Waals surface area contributed by atoms with E-state index in [9.17, 15) is 4.79 Å². The number of nitrogens with zero attached hydrogens (tertiary/aromatic N) is 1. The van der Waals surface area contributed by atoms with Gasteiger partial charge in [0.25, 0.3) is 0 Å². The van der Waals surface area contributed by atoms with Crippen molar-refractivity contribution in [3.63, 3.8) is 0 Å². The van der Waals surface area contributed by atoms with Gasteiger partial charge in [0.15, 0.2) is 0 Å². The van der Waals surface area contributed by atoms with Crippen LogP contribution >= 0.6 is 0 Å². The van der Waals surface area contributed by atoms with E-state index in [-0.39, 0.29) is 6.09 Å². The van der Waals surface area contributed by atoms with E-state index < -0.39 is 0 Å². The number of hydrogen-bond acceptors (Lipinski definition) is 3. The van der Waals surface area contributed by atoms with Gasteiger partial charge in [-0.15, -0.1) is 0 Å². The zero-order chi connectivity index (χ0) is 13.5. The van der Waals surface area contributed by atoms with E-state index in [0.29, 0.717) is 17.9 Å². The number of likely N-dealkylation sites (tertiary alicyclic amines) is 1. The molecule has 0 aromatic heterocycles. The minimum atomic E-state index is -0.188. The average molecular weight is 256 g/mol. The van der Waals surface area contributed by atoms with Crippen molar-refractivity contribution in [2.24, 2.45) is 11.8 Å². The topological polar surface area (TPSA) is 41.6 Å². The summed E-state index contributed by atoms with van der Waals surface area (Å²) in [6.45, 7) is 9.25. The number of amides is 1. The second-order valence-corrected chi connectivity index (χ2v) is 5.76. The van der Waals surface area contributed by atoms with Crippen LogP contribution in [0, 0.1) is 11.8 Å². The van der Waals surface area contributed by atoms with Gasteiger partial charge in [0.05, 0.1) is 7.11 Å². The number of ether oxygens (including phenoxy) is 1. The maximum absolute atomic E-state index is 11.7.